The lowest BCUT2D eigenvalue weighted by molar-refractivity contribution is 0.134. The van der Waals surface area contributed by atoms with E-state index in [4.69, 9.17) is 4.99 Å². The van der Waals surface area contributed by atoms with Gasteiger partial charge in [0.1, 0.15) is 0 Å². The number of benzene rings is 1. The van der Waals surface area contributed by atoms with Crippen molar-refractivity contribution in [2.45, 2.75) is 51.2 Å². The van der Waals surface area contributed by atoms with Crippen LogP contribution >= 0.6 is 24.0 Å². The minimum Gasteiger partial charge on any atom is -0.393 e. The van der Waals surface area contributed by atoms with Crippen LogP contribution in [-0.4, -0.2) is 54.8 Å². The highest BCUT2D eigenvalue weighted by atomic mass is 127. The Balaban J connectivity index is 0.00000261. The summed E-state index contributed by atoms with van der Waals surface area (Å²) in [4.78, 5) is 7.45. The molecule has 1 aliphatic carbocycles. The monoisotopic (exact) mass is 486 g/mol. The fourth-order valence-electron chi connectivity index (χ4n) is 4.16. The summed E-state index contributed by atoms with van der Waals surface area (Å²) in [7, 11) is 0. The number of halogens is 1. The normalized spacial score (nSPS) is 24.4. The minimum atomic E-state index is -0.160. The number of aliphatic hydroxyl groups excluding tert-OH is 1. The summed E-state index contributed by atoms with van der Waals surface area (Å²) < 4.78 is 0. The predicted octanol–water partition coefficient (Wildman–Crippen LogP) is 3.16. The summed E-state index contributed by atoms with van der Waals surface area (Å²) >= 11 is 0. The molecule has 0 amide bonds. The van der Waals surface area contributed by atoms with Crippen molar-refractivity contribution in [1.29, 1.82) is 0 Å². The lowest BCUT2D eigenvalue weighted by atomic mass is 10.1. The van der Waals surface area contributed by atoms with Crippen LogP contribution in [0, 0.1) is 5.92 Å². The number of hydrogen-bond acceptors (Lipinski definition) is 3. The Bertz CT molecular complexity index is 563. The van der Waals surface area contributed by atoms with E-state index in [2.05, 4.69) is 52.8 Å². The summed E-state index contributed by atoms with van der Waals surface area (Å²) in [5, 5.41) is 16.8. The molecule has 1 aromatic rings. The molecule has 0 radical (unpaired) electrons. The first-order valence-electron chi connectivity index (χ1n) is 10.3. The van der Waals surface area contributed by atoms with Gasteiger partial charge in [0.15, 0.2) is 5.96 Å². The van der Waals surface area contributed by atoms with E-state index >= 15 is 0 Å². The molecule has 2 fully saturated rings. The average molecular weight is 486 g/mol. The molecule has 5 nitrogen and oxygen atoms in total. The van der Waals surface area contributed by atoms with E-state index in [9.17, 15) is 5.11 Å². The molecule has 3 atom stereocenters. The molecule has 6 heteroatoms. The van der Waals surface area contributed by atoms with E-state index in [0.717, 1.165) is 57.9 Å². The van der Waals surface area contributed by atoms with E-state index < -0.39 is 0 Å². The van der Waals surface area contributed by atoms with Gasteiger partial charge in [-0.25, -0.2) is 0 Å². The molecule has 0 bridgehead atoms. The maximum Gasteiger partial charge on any atom is 0.191 e. The van der Waals surface area contributed by atoms with Crippen molar-refractivity contribution >= 4 is 29.9 Å². The van der Waals surface area contributed by atoms with Crippen LogP contribution in [0.3, 0.4) is 0 Å². The largest absolute Gasteiger partial charge is 0.393 e. The average Bonchev–Trinajstić information content (AvgIpc) is 3.33. The standard InChI is InChI=1S/C21H34N4O.HI/c1-2-22-21(23-15-18-11-8-12-20(18)26)24-16-19(25-13-6-7-14-25)17-9-4-3-5-10-17;/h3-5,9-10,18-20,26H,2,6-8,11-16H2,1H3,(H2,22,23,24);1H. The molecule has 1 aliphatic heterocycles. The first-order chi connectivity index (χ1) is 12.8. The molecule has 0 spiro atoms. The van der Waals surface area contributed by atoms with Crippen LogP contribution in [0.4, 0.5) is 0 Å². The number of rotatable bonds is 7. The molecule has 1 saturated heterocycles. The zero-order valence-corrected chi connectivity index (χ0v) is 18.8. The van der Waals surface area contributed by atoms with Gasteiger partial charge in [-0.1, -0.05) is 36.8 Å². The van der Waals surface area contributed by atoms with Gasteiger partial charge in [-0.3, -0.25) is 9.89 Å². The van der Waals surface area contributed by atoms with E-state index in [0.29, 0.717) is 12.0 Å². The topological polar surface area (TPSA) is 59.9 Å². The first kappa shape index (κ1) is 22.4. The number of nitrogens with zero attached hydrogens (tertiary/aromatic N) is 2. The summed E-state index contributed by atoms with van der Waals surface area (Å²) in [6.07, 6.45) is 5.58. The van der Waals surface area contributed by atoms with Gasteiger partial charge in [-0.15, -0.1) is 24.0 Å². The SMILES string of the molecule is CCNC(=NCC(c1ccccc1)N1CCCC1)NCC1CCCC1O.I. The van der Waals surface area contributed by atoms with Crippen molar-refractivity contribution in [2.75, 3.05) is 32.7 Å². The van der Waals surface area contributed by atoms with E-state index in [1.54, 1.807) is 0 Å². The lowest BCUT2D eigenvalue weighted by Crippen LogP contribution is -2.41. The lowest BCUT2D eigenvalue weighted by Gasteiger charge is -2.27. The van der Waals surface area contributed by atoms with Crippen molar-refractivity contribution in [3.05, 3.63) is 35.9 Å². The molecule has 1 heterocycles. The summed E-state index contributed by atoms with van der Waals surface area (Å²) in [5.41, 5.74) is 1.35. The highest BCUT2D eigenvalue weighted by molar-refractivity contribution is 14.0. The third-order valence-corrected chi connectivity index (χ3v) is 5.68. The molecule has 3 N–H and O–H groups in total. The quantitative estimate of drug-likeness (QED) is 0.315. The van der Waals surface area contributed by atoms with Crippen LogP contribution < -0.4 is 10.6 Å². The molecular weight excluding hydrogens is 451 g/mol. The fourth-order valence-corrected chi connectivity index (χ4v) is 4.16. The van der Waals surface area contributed by atoms with E-state index in [1.807, 2.05) is 0 Å². The molecule has 3 rings (SSSR count). The van der Waals surface area contributed by atoms with Gasteiger partial charge in [0.05, 0.1) is 18.7 Å². The molecule has 3 unspecified atom stereocenters. The third kappa shape index (κ3) is 6.61. The van der Waals surface area contributed by atoms with Gasteiger partial charge >= 0.3 is 0 Å². The molecular formula is C21H35IN4O. The van der Waals surface area contributed by atoms with Gasteiger partial charge < -0.3 is 15.7 Å². The number of likely N-dealkylation sites (tertiary alicyclic amines) is 1. The second-order valence-electron chi connectivity index (χ2n) is 7.53. The Morgan fingerprint density at radius 3 is 2.52 bits per heavy atom. The Hall–Kier alpha value is -0.860. The van der Waals surface area contributed by atoms with Crippen molar-refractivity contribution in [3.8, 4) is 0 Å². The molecule has 1 aromatic carbocycles. The molecule has 0 aromatic heterocycles. The minimum absolute atomic E-state index is 0. The highest BCUT2D eigenvalue weighted by Crippen LogP contribution is 2.26. The zero-order valence-electron chi connectivity index (χ0n) is 16.4. The highest BCUT2D eigenvalue weighted by Gasteiger charge is 2.26. The summed E-state index contributed by atoms with van der Waals surface area (Å²) in [5.74, 6) is 1.22. The number of nitrogens with one attached hydrogen (secondary N) is 2. The number of aliphatic hydroxyl groups is 1. The van der Waals surface area contributed by atoms with Crippen molar-refractivity contribution in [2.24, 2.45) is 10.9 Å². The number of guanidine groups is 1. The van der Waals surface area contributed by atoms with Crippen molar-refractivity contribution in [3.63, 3.8) is 0 Å². The van der Waals surface area contributed by atoms with Gasteiger partial charge in [-0.2, -0.15) is 0 Å². The van der Waals surface area contributed by atoms with Crippen LogP contribution in [0.1, 0.15) is 50.6 Å². The van der Waals surface area contributed by atoms with Gasteiger partial charge in [0.25, 0.3) is 0 Å². The molecule has 27 heavy (non-hydrogen) atoms. The van der Waals surface area contributed by atoms with Crippen LogP contribution in [0.15, 0.2) is 35.3 Å². The van der Waals surface area contributed by atoms with Crippen LogP contribution in [0.25, 0.3) is 0 Å². The maximum atomic E-state index is 10.0. The second kappa shape index (κ2) is 11.9. The Kier molecular flexibility index (Phi) is 9.86. The fraction of sp³-hybridized carbons (Fsp3) is 0.667. The Labute approximate surface area is 181 Å². The molecule has 2 aliphatic rings. The maximum absolute atomic E-state index is 10.0. The Morgan fingerprint density at radius 2 is 1.89 bits per heavy atom. The van der Waals surface area contributed by atoms with Crippen LogP contribution in [-0.2, 0) is 0 Å². The smallest absolute Gasteiger partial charge is 0.191 e. The zero-order chi connectivity index (χ0) is 18.2. The third-order valence-electron chi connectivity index (χ3n) is 5.68. The van der Waals surface area contributed by atoms with Crippen molar-refractivity contribution < 1.29 is 5.11 Å². The van der Waals surface area contributed by atoms with Gasteiger partial charge in [0.2, 0.25) is 0 Å². The van der Waals surface area contributed by atoms with Crippen molar-refractivity contribution in [1.82, 2.24) is 15.5 Å². The molecule has 1 saturated carbocycles. The van der Waals surface area contributed by atoms with Gasteiger partial charge in [0, 0.05) is 19.0 Å². The summed E-state index contributed by atoms with van der Waals surface area (Å²) in [6, 6.07) is 11.1. The predicted molar refractivity (Wildman–Crippen MR) is 123 cm³/mol. The van der Waals surface area contributed by atoms with E-state index in [1.165, 1.54) is 18.4 Å². The summed E-state index contributed by atoms with van der Waals surface area (Å²) in [6.45, 7) is 6.81. The van der Waals surface area contributed by atoms with E-state index in [-0.39, 0.29) is 30.1 Å². The second-order valence-corrected chi connectivity index (χ2v) is 7.53. The molecule has 152 valence electrons. The Morgan fingerprint density at radius 1 is 1.15 bits per heavy atom. The van der Waals surface area contributed by atoms with Crippen LogP contribution in [0.2, 0.25) is 0 Å². The van der Waals surface area contributed by atoms with Crippen LogP contribution in [0.5, 0.6) is 0 Å². The van der Waals surface area contributed by atoms with Gasteiger partial charge in [-0.05, 0) is 51.3 Å². The number of aliphatic imine (C=N–C) groups is 1. The number of hydrogen-bond donors (Lipinski definition) is 3. The first-order valence-corrected chi connectivity index (χ1v) is 10.3.